The number of rotatable bonds is 3. The molecule has 2 aliphatic heterocycles. The summed E-state index contributed by atoms with van der Waals surface area (Å²) in [6.07, 6.45) is 0.139. The average molecular weight is 297 g/mol. The van der Waals surface area contributed by atoms with E-state index in [2.05, 4.69) is 5.32 Å². The lowest BCUT2D eigenvalue weighted by atomic mass is 9.80. The van der Waals surface area contributed by atoms with Crippen LogP contribution >= 0.6 is 0 Å². The number of hydrogen-bond acceptors (Lipinski definition) is 5. The van der Waals surface area contributed by atoms with E-state index in [-0.39, 0.29) is 19.1 Å². The van der Waals surface area contributed by atoms with Crippen molar-refractivity contribution in [3.8, 4) is 6.07 Å². The van der Waals surface area contributed by atoms with Crippen molar-refractivity contribution in [3.63, 3.8) is 0 Å². The molecule has 2 saturated heterocycles. The van der Waals surface area contributed by atoms with Crippen molar-refractivity contribution in [2.45, 2.75) is 18.9 Å². The number of carboxylic acids is 1. The summed E-state index contributed by atoms with van der Waals surface area (Å²) in [6, 6.07) is 1.61. The van der Waals surface area contributed by atoms with E-state index in [0.29, 0.717) is 39.2 Å². The van der Waals surface area contributed by atoms with Gasteiger partial charge in [-0.1, -0.05) is 0 Å². The van der Waals surface area contributed by atoms with Crippen LogP contribution in [-0.4, -0.2) is 67.6 Å². The second kappa shape index (κ2) is 6.74. The van der Waals surface area contributed by atoms with E-state index in [1.807, 2.05) is 6.07 Å². The number of morpholine rings is 1. The third-order valence-electron chi connectivity index (χ3n) is 3.98. The number of nitriles is 1. The molecule has 0 radical (unpaired) electrons. The smallest absolute Gasteiger partial charge is 0.317 e. The lowest BCUT2D eigenvalue weighted by Gasteiger charge is -2.35. The molecular formula is C13H19N3O5. The molecule has 8 heteroatoms. The molecule has 0 aliphatic carbocycles. The molecule has 2 N–H and O–H groups in total. The highest BCUT2D eigenvalue weighted by Gasteiger charge is 2.40. The van der Waals surface area contributed by atoms with E-state index in [1.54, 1.807) is 0 Å². The largest absolute Gasteiger partial charge is 0.481 e. The fourth-order valence-corrected chi connectivity index (χ4v) is 2.50. The molecule has 2 fully saturated rings. The maximum atomic E-state index is 12.1. The quantitative estimate of drug-likeness (QED) is 0.746. The first kappa shape index (κ1) is 15.5. The van der Waals surface area contributed by atoms with Gasteiger partial charge in [-0.3, -0.25) is 4.79 Å². The van der Waals surface area contributed by atoms with Gasteiger partial charge in [-0.05, 0) is 12.8 Å². The van der Waals surface area contributed by atoms with Crippen LogP contribution in [0.1, 0.15) is 12.8 Å². The highest BCUT2D eigenvalue weighted by atomic mass is 16.5. The summed E-state index contributed by atoms with van der Waals surface area (Å²) in [7, 11) is 0. The number of urea groups is 1. The average Bonchev–Trinajstić information content (AvgIpc) is 2.53. The number of ether oxygens (including phenoxy) is 2. The van der Waals surface area contributed by atoms with Crippen LogP contribution in [0.5, 0.6) is 0 Å². The van der Waals surface area contributed by atoms with E-state index in [1.165, 1.54) is 4.90 Å². The lowest BCUT2D eigenvalue weighted by Crippen LogP contribution is -2.53. The molecular weight excluding hydrogens is 278 g/mol. The Morgan fingerprint density at radius 2 is 2.10 bits per heavy atom. The fraction of sp³-hybridized carbons (Fsp3) is 0.769. The third kappa shape index (κ3) is 3.62. The van der Waals surface area contributed by atoms with Gasteiger partial charge in [-0.2, -0.15) is 5.26 Å². The molecule has 1 unspecified atom stereocenters. The summed E-state index contributed by atoms with van der Waals surface area (Å²) in [4.78, 5) is 25.1. The van der Waals surface area contributed by atoms with Gasteiger partial charge >= 0.3 is 12.0 Å². The molecule has 21 heavy (non-hydrogen) atoms. The molecule has 2 rings (SSSR count). The molecule has 0 aromatic carbocycles. The standard InChI is InChI=1S/C13H19N3O5/c14-7-10-8-16(3-6-21-10)12(19)15-9-13(11(17)18)1-4-20-5-2-13/h10H,1-6,8-9H2,(H,15,19)(H,17,18). The number of nitrogens with zero attached hydrogens (tertiary/aromatic N) is 2. The number of hydrogen-bond donors (Lipinski definition) is 2. The number of amides is 2. The molecule has 0 bridgehead atoms. The molecule has 0 saturated carbocycles. The van der Waals surface area contributed by atoms with Gasteiger partial charge in [-0.25, -0.2) is 4.79 Å². The lowest BCUT2D eigenvalue weighted by molar-refractivity contribution is -0.154. The normalized spacial score (nSPS) is 24.9. The zero-order valence-corrected chi connectivity index (χ0v) is 11.7. The minimum Gasteiger partial charge on any atom is -0.481 e. The zero-order chi connectivity index (χ0) is 15.3. The second-order valence-electron chi connectivity index (χ2n) is 5.29. The number of nitrogens with one attached hydrogen (secondary N) is 1. The Morgan fingerprint density at radius 1 is 1.38 bits per heavy atom. The molecule has 1 atom stereocenters. The molecule has 0 aromatic heterocycles. The van der Waals surface area contributed by atoms with Crippen LogP contribution in [0.4, 0.5) is 4.79 Å². The van der Waals surface area contributed by atoms with Gasteiger partial charge < -0.3 is 24.8 Å². The van der Waals surface area contributed by atoms with Crippen molar-refractivity contribution in [2.24, 2.45) is 5.41 Å². The first-order valence-corrected chi connectivity index (χ1v) is 6.92. The van der Waals surface area contributed by atoms with Crippen molar-refractivity contribution in [1.29, 1.82) is 5.26 Å². The van der Waals surface area contributed by atoms with Crippen LogP contribution in [0.15, 0.2) is 0 Å². The zero-order valence-electron chi connectivity index (χ0n) is 11.7. The van der Waals surface area contributed by atoms with Gasteiger partial charge in [0.1, 0.15) is 0 Å². The van der Waals surface area contributed by atoms with Gasteiger partial charge in [0, 0.05) is 26.3 Å². The van der Waals surface area contributed by atoms with Gasteiger partial charge in [0.2, 0.25) is 0 Å². The van der Waals surface area contributed by atoms with Crippen molar-refractivity contribution < 1.29 is 24.2 Å². The number of carbonyl (C=O) groups is 2. The van der Waals surface area contributed by atoms with Crippen LogP contribution in [0, 0.1) is 16.7 Å². The second-order valence-corrected chi connectivity index (χ2v) is 5.29. The van der Waals surface area contributed by atoms with Crippen LogP contribution < -0.4 is 5.32 Å². The molecule has 2 amide bonds. The minimum absolute atomic E-state index is 0.0686. The molecule has 2 heterocycles. The highest BCUT2D eigenvalue weighted by Crippen LogP contribution is 2.30. The summed E-state index contributed by atoms with van der Waals surface area (Å²) in [6.45, 7) is 1.74. The number of aliphatic carboxylic acids is 1. The van der Waals surface area contributed by atoms with Crippen LogP contribution in [0.2, 0.25) is 0 Å². The molecule has 0 aromatic rings. The van der Waals surface area contributed by atoms with E-state index >= 15 is 0 Å². The number of carboxylic acid groups (broad SMARTS) is 1. The van der Waals surface area contributed by atoms with Gasteiger partial charge in [0.05, 0.1) is 24.6 Å². The summed E-state index contributed by atoms with van der Waals surface area (Å²) in [5.41, 5.74) is -0.963. The van der Waals surface area contributed by atoms with Crippen molar-refractivity contribution in [1.82, 2.24) is 10.2 Å². The SMILES string of the molecule is N#CC1CN(C(=O)NCC2(C(=O)O)CCOCC2)CCO1. The van der Waals surface area contributed by atoms with Gasteiger partial charge in [0.15, 0.2) is 6.10 Å². The van der Waals surface area contributed by atoms with Crippen LogP contribution in [-0.2, 0) is 14.3 Å². The summed E-state index contributed by atoms with van der Waals surface area (Å²) >= 11 is 0. The summed E-state index contributed by atoms with van der Waals surface area (Å²) in [5, 5.41) is 20.9. The number of carbonyl (C=O) groups excluding carboxylic acids is 1. The molecule has 2 aliphatic rings. The minimum atomic E-state index is -0.963. The Morgan fingerprint density at radius 3 is 2.71 bits per heavy atom. The summed E-state index contributed by atoms with van der Waals surface area (Å²) in [5.74, 6) is -0.914. The van der Waals surface area contributed by atoms with Gasteiger partial charge in [-0.15, -0.1) is 0 Å². The summed E-state index contributed by atoms with van der Waals surface area (Å²) < 4.78 is 10.4. The van der Waals surface area contributed by atoms with E-state index in [4.69, 9.17) is 14.7 Å². The first-order valence-electron chi connectivity index (χ1n) is 6.92. The topological polar surface area (TPSA) is 112 Å². The predicted octanol–water partition coefficient (Wildman–Crippen LogP) is -0.198. The monoisotopic (exact) mass is 297 g/mol. The molecule has 116 valence electrons. The van der Waals surface area contributed by atoms with Crippen molar-refractivity contribution >= 4 is 12.0 Å². The Bertz CT molecular complexity index is 442. The van der Waals surface area contributed by atoms with Crippen molar-refractivity contribution in [2.75, 3.05) is 39.5 Å². The Balaban J connectivity index is 1.90. The van der Waals surface area contributed by atoms with E-state index in [9.17, 15) is 14.7 Å². The predicted molar refractivity (Wildman–Crippen MR) is 70.4 cm³/mol. The fourth-order valence-electron chi connectivity index (χ4n) is 2.50. The van der Waals surface area contributed by atoms with Crippen LogP contribution in [0.25, 0.3) is 0 Å². The Hall–Kier alpha value is -1.85. The highest BCUT2D eigenvalue weighted by molar-refractivity contribution is 5.78. The van der Waals surface area contributed by atoms with Crippen LogP contribution in [0.3, 0.4) is 0 Å². The Kier molecular flexibility index (Phi) is 4.98. The van der Waals surface area contributed by atoms with Crippen molar-refractivity contribution in [3.05, 3.63) is 0 Å². The van der Waals surface area contributed by atoms with Gasteiger partial charge in [0.25, 0.3) is 0 Å². The van der Waals surface area contributed by atoms with E-state index in [0.717, 1.165) is 0 Å². The maximum absolute atomic E-state index is 12.1. The third-order valence-corrected chi connectivity index (χ3v) is 3.98. The molecule has 0 spiro atoms. The maximum Gasteiger partial charge on any atom is 0.317 e. The molecule has 8 nitrogen and oxygen atoms in total. The Labute approximate surface area is 122 Å². The first-order chi connectivity index (χ1) is 10.1. The van der Waals surface area contributed by atoms with E-state index < -0.39 is 17.5 Å².